The predicted octanol–water partition coefficient (Wildman–Crippen LogP) is 5.23. The molecule has 0 radical (unpaired) electrons. The lowest BCUT2D eigenvalue weighted by molar-refractivity contribution is -0.122. The Bertz CT molecular complexity index is 258. The van der Waals surface area contributed by atoms with E-state index in [4.69, 9.17) is 11.6 Å². The highest BCUT2D eigenvalue weighted by molar-refractivity contribution is 6.25. The summed E-state index contributed by atoms with van der Waals surface area (Å²) >= 11 is 5.76. The Morgan fingerprint density at radius 2 is 1.59 bits per heavy atom. The first-order valence-corrected chi connectivity index (χ1v) is 7.49. The summed E-state index contributed by atoms with van der Waals surface area (Å²) < 4.78 is 0. The second kappa shape index (κ2) is 8.74. The Kier molecular flexibility index (Phi) is 7.59. The number of ketones is 1. The van der Waals surface area contributed by atoms with Gasteiger partial charge in [0.1, 0.15) is 5.78 Å². The van der Waals surface area contributed by atoms with Crippen LogP contribution in [0.5, 0.6) is 0 Å². The lowest BCUT2D eigenvalue weighted by Crippen LogP contribution is -2.16. The molecule has 2 heteroatoms. The lowest BCUT2D eigenvalue weighted by Gasteiger charge is -2.17. The molecule has 1 atom stereocenters. The van der Waals surface area contributed by atoms with Crippen LogP contribution >= 0.6 is 11.6 Å². The van der Waals surface area contributed by atoms with Gasteiger partial charge in [0.15, 0.2) is 0 Å². The topological polar surface area (TPSA) is 17.1 Å². The first-order chi connectivity index (χ1) is 8.25. The third-order valence-electron chi connectivity index (χ3n) is 3.78. The summed E-state index contributed by atoms with van der Waals surface area (Å²) in [6.45, 7) is 1.99. The van der Waals surface area contributed by atoms with Gasteiger partial charge in [-0.25, -0.2) is 0 Å². The number of halogens is 1. The van der Waals surface area contributed by atoms with Gasteiger partial charge in [0, 0.05) is 17.9 Å². The van der Waals surface area contributed by atoms with Gasteiger partial charge >= 0.3 is 0 Å². The minimum atomic E-state index is 0.0897. The van der Waals surface area contributed by atoms with Gasteiger partial charge in [-0.05, 0) is 19.8 Å². The smallest absolute Gasteiger partial charge is 0.140 e. The van der Waals surface area contributed by atoms with Gasteiger partial charge in [-0.3, -0.25) is 4.79 Å². The highest BCUT2D eigenvalue weighted by atomic mass is 35.5. The summed E-state index contributed by atoms with van der Waals surface area (Å²) in [6, 6.07) is 0. The summed E-state index contributed by atoms with van der Waals surface area (Å²) in [5.41, 5.74) is 2.64. The van der Waals surface area contributed by atoms with Crippen LogP contribution in [0.1, 0.15) is 71.1 Å². The van der Waals surface area contributed by atoms with Crippen LogP contribution in [-0.2, 0) is 4.79 Å². The van der Waals surface area contributed by atoms with E-state index in [0.29, 0.717) is 5.78 Å². The molecule has 0 heterocycles. The van der Waals surface area contributed by atoms with E-state index in [-0.39, 0.29) is 5.92 Å². The fraction of sp³-hybridized carbons (Fsp3) is 0.800. The molecule has 1 saturated carbocycles. The van der Waals surface area contributed by atoms with Gasteiger partial charge in [-0.1, -0.05) is 62.1 Å². The van der Waals surface area contributed by atoms with Crippen LogP contribution in [0.25, 0.3) is 0 Å². The molecule has 1 aliphatic carbocycles. The second-order valence-electron chi connectivity index (χ2n) is 5.24. The Balaban J connectivity index is 2.54. The molecule has 1 fully saturated rings. The van der Waals surface area contributed by atoms with Crippen molar-refractivity contribution in [3.8, 4) is 0 Å². The van der Waals surface area contributed by atoms with Crippen molar-refractivity contribution in [2.75, 3.05) is 0 Å². The van der Waals surface area contributed by atoms with Crippen molar-refractivity contribution in [1.29, 1.82) is 0 Å². The largest absolute Gasteiger partial charge is 0.299 e. The van der Waals surface area contributed by atoms with E-state index in [1.165, 1.54) is 44.9 Å². The number of carbonyl (C=O) groups excluding carboxylic acids is 1. The van der Waals surface area contributed by atoms with E-state index in [2.05, 4.69) is 0 Å². The number of hydrogen-bond acceptors (Lipinski definition) is 1. The number of allylic oxidation sites excluding steroid dienone is 1. The van der Waals surface area contributed by atoms with E-state index in [1.807, 2.05) is 6.92 Å². The first-order valence-electron chi connectivity index (χ1n) is 7.05. The van der Waals surface area contributed by atoms with E-state index >= 15 is 0 Å². The van der Waals surface area contributed by atoms with Crippen LogP contribution in [0.4, 0.5) is 0 Å². The summed E-state index contributed by atoms with van der Waals surface area (Å²) in [7, 11) is 0. The molecule has 0 aromatic rings. The van der Waals surface area contributed by atoms with Crippen LogP contribution in [-0.4, -0.2) is 5.78 Å². The van der Waals surface area contributed by atoms with Crippen molar-refractivity contribution < 1.29 is 4.79 Å². The summed E-state index contributed by atoms with van der Waals surface area (Å²) in [5, 5.41) is 0. The molecule has 17 heavy (non-hydrogen) atoms. The fourth-order valence-electron chi connectivity index (χ4n) is 2.60. The van der Waals surface area contributed by atoms with Crippen LogP contribution < -0.4 is 0 Å². The van der Waals surface area contributed by atoms with Crippen LogP contribution in [0.3, 0.4) is 0 Å². The zero-order chi connectivity index (χ0) is 12.5. The van der Waals surface area contributed by atoms with Crippen molar-refractivity contribution in [3.63, 3.8) is 0 Å². The number of Topliss-reactive ketones (excluding diaryl/α,β-unsaturated/α-hetero) is 1. The average molecular weight is 257 g/mol. The summed E-state index contributed by atoms with van der Waals surface area (Å²) in [6.07, 6.45) is 11.8. The molecule has 0 amide bonds. The molecular weight excluding hydrogens is 232 g/mol. The maximum Gasteiger partial charge on any atom is 0.140 e. The van der Waals surface area contributed by atoms with Gasteiger partial charge < -0.3 is 0 Å². The van der Waals surface area contributed by atoms with Crippen molar-refractivity contribution in [1.82, 2.24) is 0 Å². The van der Waals surface area contributed by atoms with Gasteiger partial charge in [-0.15, -0.1) is 0 Å². The molecule has 0 bridgehead atoms. The normalized spacial score (nSPS) is 26.1. The van der Waals surface area contributed by atoms with Crippen molar-refractivity contribution in [2.24, 2.45) is 5.92 Å². The first kappa shape index (κ1) is 14.8. The van der Waals surface area contributed by atoms with Gasteiger partial charge in [0.2, 0.25) is 0 Å². The van der Waals surface area contributed by atoms with E-state index < -0.39 is 0 Å². The van der Waals surface area contributed by atoms with E-state index in [0.717, 1.165) is 24.8 Å². The average Bonchev–Trinajstić information content (AvgIpc) is 2.33. The maximum absolute atomic E-state index is 12.1. The molecule has 0 N–H and O–H groups in total. The predicted molar refractivity (Wildman–Crippen MR) is 74.3 cm³/mol. The monoisotopic (exact) mass is 256 g/mol. The zero-order valence-electron chi connectivity index (χ0n) is 11.0. The Hall–Kier alpha value is -0.300. The lowest BCUT2D eigenvalue weighted by atomic mass is 9.87. The van der Waals surface area contributed by atoms with Gasteiger partial charge in [0.05, 0.1) is 0 Å². The molecule has 98 valence electrons. The molecule has 0 spiro atoms. The molecular formula is C15H25ClO. The SMILES string of the molecule is C/C(=C\Cl)C1CCCCCCCCCCC1=O. The van der Waals surface area contributed by atoms with Crippen LogP contribution in [0.2, 0.25) is 0 Å². The molecule has 0 aromatic heterocycles. The highest BCUT2D eigenvalue weighted by Gasteiger charge is 2.19. The minimum absolute atomic E-state index is 0.0897. The van der Waals surface area contributed by atoms with E-state index in [9.17, 15) is 4.79 Å². The van der Waals surface area contributed by atoms with Gasteiger partial charge in [-0.2, -0.15) is 0 Å². The van der Waals surface area contributed by atoms with Crippen molar-refractivity contribution >= 4 is 17.4 Å². The fourth-order valence-corrected chi connectivity index (χ4v) is 2.75. The van der Waals surface area contributed by atoms with E-state index in [1.54, 1.807) is 5.54 Å². The van der Waals surface area contributed by atoms with Crippen LogP contribution in [0, 0.1) is 5.92 Å². The maximum atomic E-state index is 12.1. The third kappa shape index (κ3) is 5.72. The standard InChI is InChI=1S/C15H25ClO/c1-13(12-16)14-10-8-6-4-2-3-5-7-9-11-15(14)17/h12,14H,2-11H2,1H3/b13-12+. The van der Waals surface area contributed by atoms with Crippen LogP contribution in [0.15, 0.2) is 11.1 Å². The number of rotatable bonds is 1. The van der Waals surface area contributed by atoms with Gasteiger partial charge in [0.25, 0.3) is 0 Å². The summed E-state index contributed by atoms with van der Waals surface area (Å²) in [4.78, 5) is 12.1. The molecule has 1 unspecified atom stereocenters. The van der Waals surface area contributed by atoms with Crippen molar-refractivity contribution in [2.45, 2.75) is 71.1 Å². The van der Waals surface area contributed by atoms with Crippen molar-refractivity contribution in [3.05, 3.63) is 11.1 Å². The molecule has 0 aliphatic heterocycles. The number of hydrogen-bond donors (Lipinski definition) is 0. The molecule has 1 nitrogen and oxygen atoms in total. The zero-order valence-corrected chi connectivity index (χ0v) is 11.8. The third-order valence-corrected chi connectivity index (χ3v) is 4.12. The number of carbonyl (C=O) groups is 1. The quantitative estimate of drug-likeness (QED) is 0.628. The molecule has 0 aromatic carbocycles. The Morgan fingerprint density at radius 3 is 2.18 bits per heavy atom. The Morgan fingerprint density at radius 1 is 1.06 bits per heavy atom. The minimum Gasteiger partial charge on any atom is -0.299 e. The Labute approximate surface area is 111 Å². The molecule has 0 saturated heterocycles. The molecule has 1 aliphatic rings. The molecule has 1 rings (SSSR count). The summed E-state index contributed by atoms with van der Waals surface area (Å²) in [5.74, 6) is 0.492. The highest BCUT2D eigenvalue weighted by Crippen LogP contribution is 2.24. The second-order valence-corrected chi connectivity index (χ2v) is 5.46.